The van der Waals surface area contributed by atoms with Gasteiger partial charge in [-0.05, 0) is 88.4 Å². The molecule has 0 atom stereocenters. The monoisotopic (exact) mass is 401 g/mol. The number of nitrogens with zero attached hydrogens (tertiary/aromatic N) is 3. The summed E-state index contributed by atoms with van der Waals surface area (Å²) in [6.07, 6.45) is 0.875. The summed E-state index contributed by atoms with van der Waals surface area (Å²) in [7, 11) is 4.07. The van der Waals surface area contributed by atoms with E-state index in [9.17, 15) is 4.79 Å². The summed E-state index contributed by atoms with van der Waals surface area (Å²) >= 11 is 7.54. The van der Waals surface area contributed by atoms with E-state index in [0.29, 0.717) is 17.1 Å². The Hall–Kier alpha value is -1.95. The SMILES string of the molecule is Cc1cc2nc(N(CCCN(C)C)C(=O)c3ccc(Cl)cc3)sc2cc1C. The number of amides is 1. The summed E-state index contributed by atoms with van der Waals surface area (Å²) in [5.41, 5.74) is 4.01. The number of hydrogen-bond acceptors (Lipinski definition) is 4. The molecule has 3 aromatic rings. The maximum atomic E-state index is 13.2. The standard InChI is InChI=1S/C21H24ClN3OS/c1-14-12-18-19(13-15(14)2)27-21(23-18)25(11-5-10-24(3)4)20(26)16-6-8-17(22)9-7-16/h6-9,12-13H,5,10-11H2,1-4H3. The van der Waals surface area contributed by atoms with Crippen molar-refractivity contribution in [2.45, 2.75) is 20.3 Å². The quantitative estimate of drug-likeness (QED) is 0.572. The van der Waals surface area contributed by atoms with E-state index >= 15 is 0 Å². The largest absolute Gasteiger partial charge is 0.309 e. The van der Waals surface area contributed by atoms with Crippen molar-refractivity contribution >= 4 is 44.2 Å². The summed E-state index contributed by atoms with van der Waals surface area (Å²) in [5.74, 6) is -0.0436. The van der Waals surface area contributed by atoms with Crippen molar-refractivity contribution in [3.05, 3.63) is 58.1 Å². The van der Waals surface area contributed by atoms with Gasteiger partial charge >= 0.3 is 0 Å². The van der Waals surface area contributed by atoms with Crippen molar-refractivity contribution in [3.63, 3.8) is 0 Å². The van der Waals surface area contributed by atoms with E-state index < -0.39 is 0 Å². The lowest BCUT2D eigenvalue weighted by molar-refractivity contribution is 0.0986. The molecular weight excluding hydrogens is 378 g/mol. The summed E-state index contributed by atoms with van der Waals surface area (Å²) in [6, 6.07) is 11.3. The van der Waals surface area contributed by atoms with E-state index in [1.165, 1.54) is 11.1 Å². The smallest absolute Gasteiger partial charge is 0.260 e. The topological polar surface area (TPSA) is 36.4 Å². The van der Waals surface area contributed by atoms with E-state index in [1.807, 2.05) is 14.1 Å². The maximum Gasteiger partial charge on any atom is 0.260 e. The van der Waals surface area contributed by atoms with Gasteiger partial charge in [0.25, 0.3) is 5.91 Å². The number of aromatic nitrogens is 1. The number of anilines is 1. The Balaban J connectivity index is 1.95. The molecule has 1 heterocycles. The summed E-state index contributed by atoms with van der Waals surface area (Å²) in [6.45, 7) is 5.72. The van der Waals surface area contributed by atoms with Crippen LogP contribution in [0.15, 0.2) is 36.4 Å². The Morgan fingerprint density at radius 3 is 2.41 bits per heavy atom. The second-order valence-electron chi connectivity index (χ2n) is 7.02. The molecule has 0 aliphatic heterocycles. The van der Waals surface area contributed by atoms with Crippen molar-refractivity contribution in [3.8, 4) is 0 Å². The number of rotatable bonds is 6. The van der Waals surface area contributed by atoms with Crippen LogP contribution in [0.5, 0.6) is 0 Å². The van der Waals surface area contributed by atoms with Gasteiger partial charge in [-0.1, -0.05) is 22.9 Å². The normalized spacial score (nSPS) is 11.3. The number of thiazole rings is 1. The second kappa shape index (κ2) is 8.38. The molecule has 0 fully saturated rings. The molecule has 3 rings (SSSR count). The van der Waals surface area contributed by atoms with E-state index in [4.69, 9.17) is 16.6 Å². The average Bonchev–Trinajstić information content (AvgIpc) is 3.01. The molecule has 0 saturated carbocycles. The van der Waals surface area contributed by atoms with Gasteiger partial charge in [-0.2, -0.15) is 0 Å². The molecule has 0 unspecified atom stereocenters. The van der Waals surface area contributed by atoms with Crippen molar-refractivity contribution in [1.29, 1.82) is 0 Å². The van der Waals surface area contributed by atoms with Crippen LogP contribution in [0.1, 0.15) is 27.9 Å². The molecule has 4 nitrogen and oxygen atoms in total. The minimum Gasteiger partial charge on any atom is -0.309 e. The van der Waals surface area contributed by atoms with Crippen LogP contribution in [0.2, 0.25) is 5.02 Å². The molecular formula is C21H24ClN3OS. The highest BCUT2D eigenvalue weighted by atomic mass is 35.5. The van der Waals surface area contributed by atoms with Gasteiger partial charge in [-0.3, -0.25) is 9.69 Å². The van der Waals surface area contributed by atoms with Crippen LogP contribution >= 0.6 is 22.9 Å². The van der Waals surface area contributed by atoms with Gasteiger partial charge in [-0.25, -0.2) is 4.98 Å². The molecule has 6 heteroatoms. The minimum atomic E-state index is -0.0436. The second-order valence-corrected chi connectivity index (χ2v) is 8.47. The minimum absolute atomic E-state index is 0.0436. The molecule has 27 heavy (non-hydrogen) atoms. The highest BCUT2D eigenvalue weighted by Crippen LogP contribution is 2.31. The summed E-state index contributed by atoms with van der Waals surface area (Å²) < 4.78 is 1.11. The van der Waals surface area contributed by atoms with Crippen molar-refractivity contribution in [2.24, 2.45) is 0 Å². The van der Waals surface area contributed by atoms with Crippen LogP contribution in [0.4, 0.5) is 5.13 Å². The lowest BCUT2D eigenvalue weighted by Crippen LogP contribution is -2.33. The number of carbonyl (C=O) groups excluding carboxylic acids is 1. The Bertz CT molecular complexity index is 911. The van der Waals surface area contributed by atoms with Crippen LogP contribution in [0.25, 0.3) is 10.2 Å². The van der Waals surface area contributed by atoms with Gasteiger partial charge < -0.3 is 4.90 Å². The van der Waals surface area contributed by atoms with Crippen molar-refractivity contribution < 1.29 is 4.79 Å². The van der Waals surface area contributed by atoms with Gasteiger partial charge in [0.15, 0.2) is 5.13 Å². The van der Waals surface area contributed by atoms with Gasteiger partial charge in [0, 0.05) is 17.1 Å². The zero-order valence-electron chi connectivity index (χ0n) is 16.1. The highest BCUT2D eigenvalue weighted by Gasteiger charge is 2.21. The van der Waals surface area contributed by atoms with Gasteiger partial charge in [0.05, 0.1) is 10.2 Å². The Morgan fingerprint density at radius 1 is 1.07 bits per heavy atom. The number of carbonyl (C=O) groups is 1. The fourth-order valence-electron chi connectivity index (χ4n) is 2.86. The first kappa shape index (κ1) is 19.8. The summed E-state index contributed by atoms with van der Waals surface area (Å²) in [4.78, 5) is 21.9. The molecule has 142 valence electrons. The highest BCUT2D eigenvalue weighted by molar-refractivity contribution is 7.22. The maximum absolute atomic E-state index is 13.2. The van der Waals surface area contributed by atoms with Gasteiger partial charge in [0.1, 0.15) is 0 Å². The molecule has 0 radical (unpaired) electrons. The third-order valence-electron chi connectivity index (χ3n) is 4.55. The third kappa shape index (κ3) is 4.67. The zero-order chi connectivity index (χ0) is 19.6. The molecule has 0 bridgehead atoms. The van der Waals surface area contributed by atoms with E-state index in [2.05, 4.69) is 30.9 Å². The lowest BCUT2D eigenvalue weighted by atomic mass is 10.1. The zero-order valence-corrected chi connectivity index (χ0v) is 17.7. The average molecular weight is 402 g/mol. The van der Waals surface area contributed by atoms with Crippen molar-refractivity contribution in [2.75, 3.05) is 32.1 Å². The third-order valence-corrected chi connectivity index (χ3v) is 5.84. The van der Waals surface area contributed by atoms with E-state index in [0.717, 1.165) is 28.3 Å². The molecule has 1 aromatic heterocycles. The Kier molecular flexibility index (Phi) is 6.15. The van der Waals surface area contributed by atoms with Crippen LogP contribution in [0, 0.1) is 13.8 Å². The summed E-state index contributed by atoms with van der Waals surface area (Å²) in [5, 5.41) is 1.37. The number of aryl methyl sites for hydroxylation is 2. The molecule has 2 aromatic carbocycles. The number of benzene rings is 2. The fourth-order valence-corrected chi connectivity index (χ4v) is 4.06. The van der Waals surface area contributed by atoms with Crippen molar-refractivity contribution in [1.82, 2.24) is 9.88 Å². The Morgan fingerprint density at radius 2 is 1.74 bits per heavy atom. The van der Waals surface area contributed by atoms with Gasteiger partial charge in [0.2, 0.25) is 0 Å². The molecule has 0 spiro atoms. The molecule has 0 N–H and O–H groups in total. The van der Waals surface area contributed by atoms with Crippen LogP contribution < -0.4 is 4.90 Å². The first-order chi connectivity index (χ1) is 12.8. The Labute approximate surface area is 169 Å². The first-order valence-electron chi connectivity index (χ1n) is 8.95. The molecule has 0 aliphatic carbocycles. The first-order valence-corrected chi connectivity index (χ1v) is 10.1. The number of fused-ring (bicyclic) bond motifs is 1. The van der Waals surface area contributed by atoms with Crippen LogP contribution in [-0.4, -0.2) is 43.0 Å². The molecule has 0 saturated heterocycles. The van der Waals surface area contributed by atoms with Gasteiger partial charge in [-0.15, -0.1) is 0 Å². The number of hydrogen-bond donors (Lipinski definition) is 0. The predicted octanol–water partition coefficient (Wildman–Crippen LogP) is 5.17. The fraction of sp³-hybridized carbons (Fsp3) is 0.333. The molecule has 1 amide bonds. The van der Waals surface area contributed by atoms with E-state index in [-0.39, 0.29) is 5.91 Å². The predicted molar refractivity (Wildman–Crippen MR) is 115 cm³/mol. The van der Waals surface area contributed by atoms with Crippen LogP contribution in [-0.2, 0) is 0 Å². The lowest BCUT2D eigenvalue weighted by Gasteiger charge is -2.21. The number of halogens is 1. The van der Waals surface area contributed by atoms with Crippen LogP contribution in [0.3, 0.4) is 0 Å². The molecule has 0 aliphatic rings. The van der Waals surface area contributed by atoms with E-state index in [1.54, 1.807) is 40.5 Å².